The van der Waals surface area contributed by atoms with Gasteiger partial charge in [-0.15, -0.1) is 0 Å². The van der Waals surface area contributed by atoms with Gasteiger partial charge >= 0.3 is 16.1 Å². The summed E-state index contributed by atoms with van der Waals surface area (Å²) in [6.45, 7) is 0. The number of carbonyl (C=O) groups is 1. The average Bonchev–Trinajstić information content (AvgIpc) is 3.18. The minimum Gasteiger partial charge on any atom is -0.508 e. The summed E-state index contributed by atoms with van der Waals surface area (Å²) >= 11 is 0. The van der Waals surface area contributed by atoms with Gasteiger partial charge in [0.25, 0.3) is 0 Å². The molecule has 0 fully saturated rings. The third-order valence-electron chi connectivity index (χ3n) is 6.29. The van der Waals surface area contributed by atoms with Gasteiger partial charge < -0.3 is 18.8 Å². The first-order valence-electron chi connectivity index (χ1n) is 10.9. The molecule has 0 aromatic heterocycles. The molecule has 198 valence electrons. The summed E-state index contributed by atoms with van der Waals surface area (Å²) in [6.07, 6.45) is 0. The predicted octanol–water partition coefficient (Wildman–Crippen LogP) is 5.42. The van der Waals surface area contributed by atoms with Crippen molar-refractivity contribution in [3.8, 4) is 23.0 Å². The average molecular weight is 562 g/mol. The summed E-state index contributed by atoms with van der Waals surface area (Å²) < 4.78 is 111. The maximum atomic E-state index is 14.2. The highest BCUT2D eigenvalue weighted by atomic mass is 32.2. The molecule has 39 heavy (non-hydrogen) atoms. The van der Waals surface area contributed by atoms with E-state index in [0.717, 1.165) is 12.1 Å². The van der Waals surface area contributed by atoms with Crippen LogP contribution in [0.2, 0.25) is 0 Å². The quantitative estimate of drug-likeness (QED) is 0.117. The Kier molecular flexibility index (Phi) is 5.17. The van der Waals surface area contributed by atoms with Crippen molar-refractivity contribution in [2.24, 2.45) is 0 Å². The van der Waals surface area contributed by atoms with Crippen LogP contribution < -0.4 is 8.92 Å². The Balaban J connectivity index is 1.50. The summed E-state index contributed by atoms with van der Waals surface area (Å²) in [6, 6.07) is 13.7. The van der Waals surface area contributed by atoms with Crippen LogP contribution in [0.15, 0.2) is 65.6 Å². The lowest BCUT2D eigenvalue weighted by Crippen LogP contribution is -2.33. The van der Waals surface area contributed by atoms with Crippen molar-refractivity contribution in [3.63, 3.8) is 0 Å². The van der Waals surface area contributed by atoms with Crippen LogP contribution in [0.1, 0.15) is 27.0 Å². The van der Waals surface area contributed by atoms with Crippen molar-refractivity contribution < 1.29 is 53.9 Å². The van der Waals surface area contributed by atoms with Gasteiger partial charge in [-0.05, 0) is 30.3 Å². The van der Waals surface area contributed by atoms with Gasteiger partial charge in [-0.1, -0.05) is 18.2 Å². The van der Waals surface area contributed by atoms with E-state index in [4.69, 9.17) is 13.7 Å². The van der Waals surface area contributed by atoms with E-state index in [-0.39, 0.29) is 28.4 Å². The number of fused-ring (bicyclic) bond motifs is 6. The fraction of sp³-hybridized carbons (Fsp3) is 0.0385. The summed E-state index contributed by atoms with van der Waals surface area (Å²) in [4.78, 5) is 10.6. The molecule has 0 bridgehead atoms. The molecular formula is C26H11F5O7S. The van der Waals surface area contributed by atoms with E-state index in [1.165, 1.54) is 30.3 Å². The van der Waals surface area contributed by atoms with Gasteiger partial charge in [-0.2, -0.15) is 8.42 Å². The van der Waals surface area contributed by atoms with E-state index in [9.17, 15) is 40.3 Å². The molecule has 1 unspecified atom stereocenters. The van der Waals surface area contributed by atoms with Crippen molar-refractivity contribution in [2.45, 2.75) is 10.5 Å². The van der Waals surface area contributed by atoms with E-state index in [1.807, 2.05) is 0 Å². The first kappa shape index (κ1) is 24.7. The fourth-order valence-electron chi connectivity index (χ4n) is 4.67. The predicted molar refractivity (Wildman–Crippen MR) is 120 cm³/mol. The Morgan fingerprint density at radius 2 is 1.33 bits per heavy atom. The monoisotopic (exact) mass is 562 g/mol. The number of ether oxygens (including phenoxy) is 2. The van der Waals surface area contributed by atoms with Crippen LogP contribution in [-0.2, 0) is 20.5 Å². The van der Waals surface area contributed by atoms with Gasteiger partial charge in [-0.25, -0.2) is 26.7 Å². The number of rotatable bonds is 3. The van der Waals surface area contributed by atoms with E-state index >= 15 is 0 Å². The lowest BCUT2D eigenvalue weighted by Gasteiger charge is -2.36. The zero-order valence-electron chi connectivity index (χ0n) is 19.0. The zero-order chi connectivity index (χ0) is 27.9. The zero-order valence-corrected chi connectivity index (χ0v) is 19.8. The molecule has 4 aromatic carbocycles. The minimum atomic E-state index is -5.59. The van der Waals surface area contributed by atoms with Crippen LogP contribution in [0.3, 0.4) is 0 Å². The molecule has 0 amide bonds. The van der Waals surface area contributed by atoms with E-state index in [2.05, 4.69) is 0 Å². The minimum absolute atomic E-state index is 0.0202. The molecule has 4 aromatic rings. The van der Waals surface area contributed by atoms with Crippen molar-refractivity contribution in [1.29, 1.82) is 0 Å². The van der Waals surface area contributed by atoms with Gasteiger partial charge in [0.1, 0.15) is 23.0 Å². The molecule has 2 heterocycles. The number of carbonyl (C=O) groups excluding carboxylic acids is 1. The number of esters is 1. The van der Waals surface area contributed by atoms with Crippen LogP contribution in [0.5, 0.6) is 23.0 Å². The Bertz CT molecular complexity index is 1830. The molecule has 7 nitrogen and oxygen atoms in total. The molecule has 6 rings (SSSR count). The second-order valence-corrected chi connectivity index (χ2v) is 9.98. The number of benzene rings is 4. The van der Waals surface area contributed by atoms with Crippen LogP contribution in [0.25, 0.3) is 0 Å². The largest absolute Gasteiger partial charge is 0.508 e. The lowest BCUT2D eigenvalue weighted by atomic mass is 9.77. The lowest BCUT2D eigenvalue weighted by molar-refractivity contribution is 0.0224. The summed E-state index contributed by atoms with van der Waals surface area (Å²) in [5.74, 6) is -14.3. The second-order valence-electron chi connectivity index (χ2n) is 8.49. The Hall–Kier alpha value is -4.65. The molecule has 0 saturated carbocycles. The number of phenolic OH excluding ortho intramolecular Hbond substituents is 1. The number of aromatic hydroxyl groups is 1. The highest BCUT2D eigenvalue weighted by Gasteiger charge is 2.53. The maximum absolute atomic E-state index is 14.2. The number of halogens is 5. The van der Waals surface area contributed by atoms with E-state index < -0.39 is 61.4 Å². The van der Waals surface area contributed by atoms with Crippen molar-refractivity contribution in [2.75, 3.05) is 0 Å². The van der Waals surface area contributed by atoms with Crippen molar-refractivity contribution in [3.05, 3.63) is 112 Å². The molecule has 1 atom stereocenters. The number of phenols is 1. The Morgan fingerprint density at radius 1 is 0.744 bits per heavy atom. The Labute approximate surface area is 215 Å². The van der Waals surface area contributed by atoms with Crippen molar-refractivity contribution >= 4 is 16.1 Å². The third-order valence-corrected chi connectivity index (χ3v) is 7.56. The van der Waals surface area contributed by atoms with Crippen LogP contribution in [0.4, 0.5) is 22.0 Å². The summed E-state index contributed by atoms with van der Waals surface area (Å²) in [5, 5.41) is 10.0. The number of hydrogen-bond donors (Lipinski definition) is 1. The van der Waals surface area contributed by atoms with Crippen molar-refractivity contribution in [1.82, 2.24) is 0 Å². The molecule has 2 aliphatic rings. The van der Waals surface area contributed by atoms with Gasteiger partial charge in [0.05, 0.1) is 5.56 Å². The molecule has 13 heteroatoms. The van der Waals surface area contributed by atoms with Gasteiger partial charge in [0.2, 0.25) is 5.82 Å². The highest BCUT2D eigenvalue weighted by Crippen LogP contribution is 2.57. The summed E-state index contributed by atoms with van der Waals surface area (Å²) in [7, 11) is -5.59. The standard InChI is InChI=1S/C26H11F5O7S/c27-19-20(28)22(30)24(23(31)21(19)29)39(34,35)38-12-6-8-16-18(10-12)36-17-9-11(32)5-7-15(17)26(16)14-4-2-1-3-13(14)25(33)37-26/h1-10,32H. The molecule has 0 saturated heterocycles. The normalized spacial score (nSPS) is 17.2. The molecule has 0 aliphatic carbocycles. The van der Waals surface area contributed by atoms with Crippen LogP contribution >= 0.6 is 0 Å². The third kappa shape index (κ3) is 3.39. The highest BCUT2D eigenvalue weighted by molar-refractivity contribution is 7.87. The van der Waals surface area contributed by atoms with Gasteiger partial charge in [-0.3, -0.25) is 0 Å². The topological polar surface area (TPSA) is 99.1 Å². The first-order chi connectivity index (χ1) is 18.5. The first-order valence-corrected chi connectivity index (χ1v) is 12.3. The van der Waals surface area contributed by atoms with Crippen LogP contribution in [-0.4, -0.2) is 19.5 Å². The van der Waals surface area contributed by atoms with Gasteiger partial charge in [0, 0.05) is 28.8 Å². The number of hydrogen-bond acceptors (Lipinski definition) is 7. The van der Waals surface area contributed by atoms with E-state index in [0.29, 0.717) is 11.1 Å². The smallest absolute Gasteiger partial charge is 0.345 e. The molecule has 0 radical (unpaired) electrons. The molecule has 1 N–H and O–H groups in total. The van der Waals surface area contributed by atoms with Gasteiger partial charge in [0.15, 0.2) is 33.8 Å². The molecular weight excluding hydrogens is 551 g/mol. The fourth-order valence-corrected chi connectivity index (χ4v) is 5.73. The van der Waals surface area contributed by atoms with E-state index in [1.54, 1.807) is 18.2 Å². The maximum Gasteiger partial charge on any atom is 0.345 e. The Morgan fingerprint density at radius 3 is 2.03 bits per heavy atom. The molecule has 2 aliphatic heterocycles. The summed E-state index contributed by atoms with van der Waals surface area (Å²) in [5.41, 5.74) is -0.426. The SMILES string of the molecule is O=C1OC2(c3ccc(O)cc3Oc3cc(OS(=O)(=O)c4c(F)c(F)c(F)c(F)c4F)ccc32)c2ccccc21. The molecule has 1 spiro atoms. The van der Waals surface area contributed by atoms with Crippen LogP contribution in [0, 0.1) is 29.1 Å². The second kappa shape index (κ2) is 8.17.